The van der Waals surface area contributed by atoms with E-state index in [4.69, 9.17) is 5.21 Å². The third kappa shape index (κ3) is 5.12. The van der Waals surface area contributed by atoms with E-state index >= 15 is 0 Å². The molecule has 0 unspecified atom stereocenters. The topological polar surface area (TPSA) is 49.3 Å². The van der Waals surface area contributed by atoms with Crippen molar-refractivity contribution in [2.75, 3.05) is 0 Å². The summed E-state index contributed by atoms with van der Waals surface area (Å²) >= 11 is 0. The van der Waals surface area contributed by atoms with Crippen molar-refractivity contribution in [2.24, 2.45) is 5.92 Å². The van der Waals surface area contributed by atoms with Gasteiger partial charge in [-0.25, -0.2) is 9.87 Å². The third-order valence-corrected chi connectivity index (χ3v) is 4.32. The standard InChI is InChI=1S/C17H24FNO2/c18-16-11-14(10-15(12-16)17(20)19-21)9-13-7-5-3-1-2-4-6-8-13/h10-13,21H,1-9H2,(H,19,20). The minimum absolute atomic E-state index is 0.176. The van der Waals surface area contributed by atoms with Gasteiger partial charge in [0.2, 0.25) is 0 Å². The molecule has 0 radical (unpaired) electrons. The molecule has 0 heterocycles. The number of halogens is 1. The maximum Gasteiger partial charge on any atom is 0.274 e. The van der Waals surface area contributed by atoms with Crippen molar-refractivity contribution in [3.8, 4) is 0 Å². The highest BCUT2D eigenvalue weighted by atomic mass is 19.1. The Kier molecular flexibility index (Phi) is 6.18. The van der Waals surface area contributed by atoms with Crippen LogP contribution in [-0.4, -0.2) is 11.1 Å². The molecule has 0 aliphatic heterocycles. The predicted octanol–water partition coefficient (Wildman–Crippen LogP) is 4.24. The van der Waals surface area contributed by atoms with Crippen LogP contribution in [0.2, 0.25) is 0 Å². The van der Waals surface area contributed by atoms with Crippen LogP contribution in [0.25, 0.3) is 0 Å². The lowest BCUT2D eigenvalue weighted by Crippen LogP contribution is -2.19. The number of nitrogens with one attached hydrogen (secondary N) is 1. The number of hydroxylamine groups is 1. The first-order chi connectivity index (χ1) is 10.2. The van der Waals surface area contributed by atoms with Crippen LogP contribution < -0.4 is 5.48 Å². The fourth-order valence-corrected chi connectivity index (χ4v) is 3.22. The summed E-state index contributed by atoms with van der Waals surface area (Å²) in [6, 6.07) is 4.33. The molecule has 1 saturated carbocycles. The quantitative estimate of drug-likeness (QED) is 0.647. The molecule has 0 spiro atoms. The van der Waals surface area contributed by atoms with Crippen LogP contribution in [0, 0.1) is 11.7 Å². The molecule has 0 bridgehead atoms. The molecule has 1 aliphatic rings. The Morgan fingerprint density at radius 1 is 1.10 bits per heavy atom. The number of carbonyl (C=O) groups is 1. The second-order valence-corrected chi connectivity index (χ2v) is 6.06. The number of carbonyl (C=O) groups excluding carboxylic acids is 1. The minimum Gasteiger partial charge on any atom is -0.288 e. The average molecular weight is 293 g/mol. The molecule has 0 aromatic heterocycles. The maximum atomic E-state index is 13.6. The van der Waals surface area contributed by atoms with E-state index in [-0.39, 0.29) is 5.56 Å². The van der Waals surface area contributed by atoms with Gasteiger partial charge in [0.1, 0.15) is 5.82 Å². The van der Waals surface area contributed by atoms with E-state index in [1.54, 1.807) is 11.5 Å². The molecule has 2 N–H and O–H groups in total. The van der Waals surface area contributed by atoms with Gasteiger partial charge < -0.3 is 0 Å². The minimum atomic E-state index is -0.662. The second-order valence-electron chi connectivity index (χ2n) is 6.06. The second kappa shape index (κ2) is 8.13. The van der Waals surface area contributed by atoms with Crippen LogP contribution in [0.5, 0.6) is 0 Å². The fraction of sp³-hybridized carbons (Fsp3) is 0.588. The highest BCUT2D eigenvalue weighted by Gasteiger charge is 2.14. The molecule has 1 aliphatic carbocycles. The van der Waals surface area contributed by atoms with Gasteiger partial charge in [0.15, 0.2) is 0 Å². The molecule has 0 atom stereocenters. The number of rotatable bonds is 3. The zero-order chi connectivity index (χ0) is 15.1. The van der Waals surface area contributed by atoms with Gasteiger partial charge in [-0.2, -0.15) is 0 Å². The van der Waals surface area contributed by atoms with E-state index in [9.17, 15) is 9.18 Å². The van der Waals surface area contributed by atoms with E-state index < -0.39 is 11.7 Å². The van der Waals surface area contributed by atoms with Gasteiger partial charge in [0.25, 0.3) is 5.91 Å². The molecular formula is C17H24FNO2. The van der Waals surface area contributed by atoms with E-state index in [1.165, 1.54) is 57.4 Å². The van der Waals surface area contributed by atoms with E-state index in [1.807, 2.05) is 0 Å². The van der Waals surface area contributed by atoms with Crippen LogP contribution >= 0.6 is 0 Å². The van der Waals surface area contributed by atoms with Gasteiger partial charge in [0, 0.05) is 5.56 Å². The lowest BCUT2D eigenvalue weighted by Gasteiger charge is -2.16. The molecule has 21 heavy (non-hydrogen) atoms. The van der Waals surface area contributed by atoms with Crippen LogP contribution in [0.3, 0.4) is 0 Å². The van der Waals surface area contributed by atoms with E-state index in [0.29, 0.717) is 5.92 Å². The highest BCUT2D eigenvalue weighted by molar-refractivity contribution is 5.93. The van der Waals surface area contributed by atoms with Gasteiger partial charge in [-0.3, -0.25) is 10.0 Å². The molecule has 1 aromatic carbocycles. The molecule has 1 fully saturated rings. The fourth-order valence-electron chi connectivity index (χ4n) is 3.22. The number of hydrogen-bond donors (Lipinski definition) is 2. The van der Waals surface area contributed by atoms with Crippen molar-refractivity contribution in [1.29, 1.82) is 0 Å². The lowest BCUT2D eigenvalue weighted by atomic mass is 9.89. The largest absolute Gasteiger partial charge is 0.288 e. The summed E-state index contributed by atoms with van der Waals surface area (Å²) < 4.78 is 13.6. The Hall–Kier alpha value is -1.42. The summed E-state index contributed by atoms with van der Waals surface area (Å²) in [6.07, 6.45) is 10.9. The third-order valence-electron chi connectivity index (χ3n) is 4.32. The Morgan fingerprint density at radius 3 is 2.33 bits per heavy atom. The Labute approximate surface area is 125 Å². The SMILES string of the molecule is O=C(NO)c1cc(F)cc(CC2CCCCCCCC2)c1. The maximum absolute atomic E-state index is 13.6. The van der Waals surface area contributed by atoms with Crippen LogP contribution in [0.4, 0.5) is 4.39 Å². The molecule has 1 amide bonds. The Balaban J connectivity index is 2.06. The van der Waals surface area contributed by atoms with Crippen molar-refractivity contribution >= 4 is 5.91 Å². The number of benzene rings is 1. The normalized spacial score (nSPS) is 17.6. The van der Waals surface area contributed by atoms with Crippen LogP contribution in [0.1, 0.15) is 67.3 Å². The highest BCUT2D eigenvalue weighted by Crippen LogP contribution is 2.25. The van der Waals surface area contributed by atoms with Crippen molar-refractivity contribution in [3.05, 3.63) is 35.1 Å². The zero-order valence-electron chi connectivity index (χ0n) is 12.4. The lowest BCUT2D eigenvalue weighted by molar-refractivity contribution is 0.0705. The summed E-state index contributed by atoms with van der Waals surface area (Å²) in [7, 11) is 0. The summed E-state index contributed by atoms with van der Waals surface area (Å²) in [5.74, 6) is -0.519. The smallest absolute Gasteiger partial charge is 0.274 e. The zero-order valence-corrected chi connectivity index (χ0v) is 12.4. The number of hydrogen-bond acceptors (Lipinski definition) is 2. The van der Waals surface area contributed by atoms with Gasteiger partial charge in [-0.1, -0.05) is 51.4 Å². The van der Waals surface area contributed by atoms with Crippen LogP contribution in [0.15, 0.2) is 18.2 Å². The van der Waals surface area contributed by atoms with E-state index in [2.05, 4.69) is 0 Å². The molecular weight excluding hydrogens is 269 g/mol. The summed E-state index contributed by atoms with van der Waals surface area (Å²) in [5.41, 5.74) is 2.58. The molecule has 2 rings (SSSR count). The van der Waals surface area contributed by atoms with Crippen molar-refractivity contribution in [1.82, 2.24) is 5.48 Å². The van der Waals surface area contributed by atoms with Crippen molar-refractivity contribution in [2.45, 2.75) is 57.8 Å². The molecule has 116 valence electrons. The predicted molar refractivity (Wildman–Crippen MR) is 79.8 cm³/mol. The number of amides is 1. The first-order valence-electron chi connectivity index (χ1n) is 7.93. The van der Waals surface area contributed by atoms with Crippen molar-refractivity contribution < 1.29 is 14.4 Å². The van der Waals surface area contributed by atoms with Crippen molar-refractivity contribution in [3.63, 3.8) is 0 Å². The van der Waals surface area contributed by atoms with Gasteiger partial charge in [-0.05, 0) is 36.1 Å². The summed E-state index contributed by atoms with van der Waals surface area (Å²) in [5, 5.41) is 8.67. The molecule has 3 nitrogen and oxygen atoms in total. The average Bonchev–Trinajstić information content (AvgIpc) is 2.60. The molecule has 0 saturated heterocycles. The first kappa shape index (κ1) is 16.0. The summed E-state index contributed by atoms with van der Waals surface area (Å²) in [6.45, 7) is 0. The van der Waals surface area contributed by atoms with Gasteiger partial charge >= 0.3 is 0 Å². The Bertz CT molecular complexity index is 466. The monoisotopic (exact) mass is 293 g/mol. The van der Waals surface area contributed by atoms with E-state index in [0.717, 1.165) is 18.1 Å². The Morgan fingerprint density at radius 2 is 1.71 bits per heavy atom. The van der Waals surface area contributed by atoms with Gasteiger partial charge in [-0.15, -0.1) is 0 Å². The first-order valence-corrected chi connectivity index (χ1v) is 7.93. The molecule has 4 heteroatoms. The molecule has 1 aromatic rings. The van der Waals surface area contributed by atoms with Gasteiger partial charge in [0.05, 0.1) is 0 Å². The van der Waals surface area contributed by atoms with Crippen LogP contribution in [-0.2, 0) is 6.42 Å². The summed E-state index contributed by atoms with van der Waals surface area (Å²) in [4.78, 5) is 11.4.